The van der Waals surface area contributed by atoms with Crippen molar-refractivity contribution in [3.63, 3.8) is 0 Å². The highest BCUT2D eigenvalue weighted by Crippen LogP contribution is 2.12. The summed E-state index contributed by atoms with van der Waals surface area (Å²) in [5.41, 5.74) is 7.96. The van der Waals surface area contributed by atoms with Gasteiger partial charge in [-0.2, -0.15) is 0 Å². The van der Waals surface area contributed by atoms with Crippen molar-refractivity contribution < 1.29 is 9.59 Å². The molecule has 0 spiro atoms. The number of carbonyl (C=O) groups is 2. The van der Waals surface area contributed by atoms with Crippen molar-refractivity contribution in [2.45, 2.75) is 32.4 Å². The van der Waals surface area contributed by atoms with E-state index in [4.69, 9.17) is 5.73 Å². The summed E-state index contributed by atoms with van der Waals surface area (Å²) < 4.78 is 0. The zero-order valence-corrected chi connectivity index (χ0v) is 11.0. The molecule has 1 aliphatic heterocycles. The Bertz CT molecular complexity index is 489. The van der Waals surface area contributed by atoms with Crippen molar-refractivity contribution in [2.24, 2.45) is 5.73 Å². The minimum Gasteiger partial charge on any atom is -0.366 e. The van der Waals surface area contributed by atoms with Crippen LogP contribution in [0.15, 0.2) is 18.2 Å². The summed E-state index contributed by atoms with van der Waals surface area (Å²) in [7, 11) is 0. The second kappa shape index (κ2) is 5.84. The van der Waals surface area contributed by atoms with Gasteiger partial charge in [0, 0.05) is 31.1 Å². The van der Waals surface area contributed by atoms with Crippen LogP contribution in [0.3, 0.4) is 0 Å². The average Bonchev–Trinajstić information content (AvgIpc) is 2.39. The SMILES string of the molecule is Cc1cc(C(N)=O)ccc1CNC1CCC(=O)NC1. The molecule has 2 amide bonds. The number of rotatable bonds is 4. The largest absolute Gasteiger partial charge is 0.366 e. The normalized spacial score (nSPS) is 19.0. The maximum atomic E-state index is 11.1. The van der Waals surface area contributed by atoms with Crippen LogP contribution in [0.2, 0.25) is 0 Å². The van der Waals surface area contributed by atoms with Gasteiger partial charge in [-0.05, 0) is 36.6 Å². The second-order valence-electron chi connectivity index (χ2n) is 4.93. The highest BCUT2D eigenvalue weighted by molar-refractivity contribution is 5.93. The van der Waals surface area contributed by atoms with Crippen molar-refractivity contribution in [1.82, 2.24) is 10.6 Å². The first-order chi connectivity index (χ1) is 9.06. The van der Waals surface area contributed by atoms with Crippen molar-refractivity contribution in [1.29, 1.82) is 0 Å². The molecule has 5 heteroatoms. The molecule has 0 aromatic heterocycles. The number of hydrogen-bond donors (Lipinski definition) is 3. The van der Waals surface area contributed by atoms with Crippen LogP contribution in [0.1, 0.15) is 34.3 Å². The van der Waals surface area contributed by atoms with Crippen molar-refractivity contribution in [3.8, 4) is 0 Å². The van der Waals surface area contributed by atoms with E-state index in [1.54, 1.807) is 6.07 Å². The fourth-order valence-electron chi connectivity index (χ4n) is 2.21. The molecule has 2 rings (SSSR count). The Hall–Kier alpha value is -1.88. The molecule has 0 saturated carbocycles. The predicted molar refractivity (Wildman–Crippen MR) is 72.6 cm³/mol. The highest BCUT2D eigenvalue weighted by atomic mass is 16.2. The zero-order chi connectivity index (χ0) is 13.8. The number of benzene rings is 1. The first-order valence-electron chi connectivity index (χ1n) is 6.45. The van der Waals surface area contributed by atoms with Gasteiger partial charge in [0.2, 0.25) is 11.8 Å². The molecular formula is C14H19N3O2. The molecule has 5 nitrogen and oxygen atoms in total. The summed E-state index contributed by atoms with van der Waals surface area (Å²) in [6, 6.07) is 5.79. The number of aryl methyl sites for hydroxylation is 1. The number of primary amides is 1. The van der Waals surface area contributed by atoms with Crippen LogP contribution in [-0.2, 0) is 11.3 Å². The highest BCUT2D eigenvalue weighted by Gasteiger charge is 2.17. The summed E-state index contributed by atoms with van der Waals surface area (Å²) in [5.74, 6) is -0.280. The lowest BCUT2D eigenvalue weighted by molar-refractivity contribution is -0.122. The number of piperidine rings is 1. The van der Waals surface area contributed by atoms with Gasteiger partial charge < -0.3 is 16.4 Å². The second-order valence-corrected chi connectivity index (χ2v) is 4.93. The molecule has 0 aliphatic carbocycles. The molecule has 19 heavy (non-hydrogen) atoms. The lowest BCUT2D eigenvalue weighted by Crippen LogP contribution is -2.45. The fourth-order valence-corrected chi connectivity index (χ4v) is 2.21. The van der Waals surface area contributed by atoms with E-state index in [1.807, 2.05) is 19.1 Å². The van der Waals surface area contributed by atoms with Gasteiger partial charge in [0.25, 0.3) is 0 Å². The molecule has 1 aromatic carbocycles. The third-order valence-electron chi connectivity index (χ3n) is 3.47. The minimum absolute atomic E-state index is 0.125. The molecule has 4 N–H and O–H groups in total. The van der Waals surface area contributed by atoms with Gasteiger partial charge in [-0.1, -0.05) is 6.07 Å². The number of amides is 2. The topological polar surface area (TPSA) is 84.2 Å². The predicted octanol–water partition coefficient (Wildman–Crippen LogP) is 0.462. The molecule has 102 valence electrons. The van der Waals surface area contributed by atoms with E-state index in [2.05, 4.69) is 10.6 Å². The molecule has 1 aromatic rings. The van der Waals surface area contributed by atoms with Gasteiger partial charge in [0.15, 0.2) is 0 Å². The van der Waals surface area contributed by atoms with Gasteiger partial charge in [-0.25, -0.2) is 0 Å². The monoisotopic (exact) mass is 261 g/mol. The van der Waals surface area contributed by atoms with Crippen molar-refractivity contribution in [2.75, 3.05) is 6.54 Å². The Morgan fingerprint density at radius 2 is 2.32 bits per heavy atom. The molecule has 1 saturated heterocycles. The Labute approximate surface area is 112 Å². The lowest BCUT2D eigenvalue weighted by Gasteiger charge is -2.24. The molecule has 1 aliphatic rings. The van der Waals surface area contributed by atoms with Gasteiger partial charge >= 0.3 is 0 Å². The molecule has 0 bridgehead atoms. The summed E-state index contributed by atoms with van der Waals surface area (Å²) in [6.07, 6.45) is 1.45. The fraction of sp³-hybridized carbons (Fsp3) is 0.429. The first-order valence-corrected chi connectivity index (χ1v) is 6.45. The summed E-state index contributed by atoms with van der Waals surface area (Å²) in [5, 5.41) is 6.26. The standard InChI is InChI=1S/C14H19N3O2/c1-9-6-10(14(15)19)2-3-11(9)7-16-12-4-5-13(18)17-8-12/h2-3,6,12,16H,4-5,7-8H2,1H3,(H2,15,19)(H,17,18). The van der Waals surface area contributed by atoms with E-state index in [1.165, 1.54) is 0 Å². The number of nitrogens with one attached hydrogen (secondary N) is 2. The van der Waals surface area contributed by atoms with Crippen LogP contribution >= 0.6 is 0 Å². The Balaban J connectivity index is 1.92. The van der Waals surface area contributed by atoms with E-state index < -0.39 is 5.91 Å². The molecule has 1 fully saturated rings. The van der Waals surface area contributed by atoms with Crippen LogP contribution in [0.5, 0.6) is 0 Å². The van der Waals surface area contributed by atoms with Gasteiger partial charge in [0.1, 0.15) is 0 Å². The maximum absolute atomic E-state index is 11.1. The van der Waals surface area contributed by atoms with E-state index in [0.29, 0.717) is 24.6 Å². The van der Waals surface area contributed by atoms with E-state index >= 15 is 0 Å². The number of nitrogens with two attached hydrogens (primary N) is 1. The van der Waals surface area contributed by atoms with Crippen molar-refractivity contribution in [3.05, 3.63) is 34.9 Å². The van der Waals surface area contributed by atoms with Gasteiger partial charge in [0.05, 0.1) is 0 Å². The Morgan fingerprint density at radius 1 is 1.53 bits per heavy atom. The van der Waals surface area contributed by atoms with Crippen LogP contribution < -0.4 is 16.4 Å². The lowest BCUT2D eigenvalue weighted by atomic mass is 10.0. The molecular weight excluding hydrogens is 242 g/mol. The molecule has 1 heterocycles. The molecule has 1 atom stereocenters. The molecule has 1 unspecified atom stereocenters. The van der Waals surface area contributed by atoms with Crippen LogP contribution in [0.4, 0.5) is 0 Å². The Morgan fingerprint density at radius 3 is 2.89 bits per heavy atom. The summed E-state index contributed by atoms with van der Waals surface area (Å²) in [6.45, 7) is 3.37. The first kappa shape index (κ1) is 13.5. The van der Waals surface area contributed by atoms with Crippen molar-refractivity contribution >= 4 is 11.8 Å². The average molecular weight is 261 g/mol. The van der Waals surface area contributed by atoms with Gasteiger partial charge in [-0.3, -0.25) is 9.59 Å². The zero-order valence-electron chi connectivity index (χ0n) is 11.0. The molecule has 0 radical (unpaired) electrons. The summed E-state index contributed by atoms with van der Waals surface area (Å²) >= 11 is 0. The Kier molecular flexibility index (Phi) is 4.16. The smallest absolute Gasteiger partial charge is 0.248 e. The maximum Gasteiger partial charge on any atom is 0.248 e. The number of hydrogen-bond acceptors (Lipinski definition) is 3. The van der Waals surface area contributed by atoms with E-state index in [0.717, 1.165) is 24.1 Å². The van der Waals surface area contributed by atoms with Crippen LogP contribution in [0.25, 0.3) is 0 Å². The van der Waals surface area contributed by atoms with Crippen LogP contribution in [0, 0.1) is 6.92 Å². The number of carbonyl (C=O) groups excluding carboxylic acids is 2. The minimum atomic E-state index is -0.405. The summed E-state index contributed by atoms with van der Waals surface area (Å²) in [4.78, 5) is 22.1. The van der Waals surface area contributed by atoms with Gasteiger partial charge in [-0.15, -0.1) is 0 Å². The third-order valence-corrected chi connectivity index (χ3v) is 3.47. The quantitative estimate of drug-likeness (QED) is 0.736. The third kappa shape index (κ3) is 3.54. The van der Waals surface area contributed by atoms with E-state index in [9.17, 15) is 9.59 Å². The van der Waals surface area contributed by atoms with E-state index in [-0.39, 0.29) is 5.91 Å². The van der Waals surface area contributed by atoms with Crippen LogP contribution in [-0.4, -0.2) is 24.4 Å².